The average molecular weight is 490 g/mol. The molecular formula is C24H30F3N7O. The van der Waals surface area contributed by atoms with Gasteiger partial charge in [0.2, 0.25) is 5.95 Å². The number of rotatable bonds is 3. The number of aromatic nitrogens is 6. The van der Waals surface area contributed by atoms with Gasteiger partial charge < -0.3 is 9.64 Å². The lowest BCUT2D eigenvalue weighted by Gasteiger charge is -2.36. The highest BCUT2D eigenvalue weighted by molar-refractivity contribution is 5.70. The van der Waals surface area contributed by atoms with Crippen molar-refractivity contribution in [2.45, 2.75) is 77.3 Å². The molecule has 3 aromatic rings. The van der Waals surface area contributed by atoms with E-state index in [0.29, 0.717) is 37.0 Å². The summed E-state index contributed by atoms with van der Waals surface area (Å²) in [4.78, 5) is 20.5. The van der Waals surface area contributed by atoms with E-state index in [1.807, 2.05) is 20.0 Å². The topological polar surface area (TPSA) is 81.9 Å². The van der Waals surface area contributed by atoms with Gasteiger partial charge in [0.1, 0.15) is 11.6 Å². The minimum absolute atomic E-state index is 0.0358. The summed E-state index contributed by atoms with van der Waals surface area (Å²) in [7, 11) is 0. The number of hydrogen-bond acceptors (Lipinski definition) is 7. The first-order chi connectivity index (χ1) is 16.7. The van der Waals surface area contributed by atoms with Crippen LogP contribution in [0.15, 0.2) is 18.6 Å². The second kappa shape index (κ2) is 9.33. The third-order valence-electron chi connectivity index (χ3n) is 6.85. The molecule has 0 amide bonds. The minimum atomic E-state index is -3.90. The van der Waals surface area contributed by atoms with Crippen molar-refractivity contribution < 1.29 is 17.9 Å². The fourth-order valence-electron chi connectivity index (χ4n) is 4.26. The lowest BCUT2D eigenvalue weighted by Crippen LogP contribution is -2.43. The highest BCUT2D eigenvalue weighted by Crippen LogP contribution is 2.40. The van der Waals surface area contributed by atoms with Crippen molar-refractivity contribution >= 4 is 17.1 Å². The van der Waals surface area contributed by atoms with Crippen LogP contribution >= 0.6 is 0 Å². The standard InChI is InChI=1S/C19H23N7O.C5H7F3/c1-11-8-25(10-17(27-11)14-6-21-26(9-14)15-4-5-15)19-20-7-16-18(24-19)23-13(3)12(2)22-16;6-5(7,8)4-2-1-3-4/h6-7,9,11,15,17H,4-5,8,10H2,1-3H3;4H,1-3H2. The number of halogens is 3. The Balaban J connectivity index is 0.000000271. The highest BCUT2D eigenvalue weighted by Gasteiger charge is 2.42. The Morgan fingerprint density at radius 1 is 0.971 bits per heavy atom. The SMILES string of the molecule is Cc1nc2cnc(N3CC(C)OC(c4cnn(C5CC5)c4)C3)nc2nc1C.FC(F)(F)C1CCC1. The van der Waals surface area contributed by atoms with E-state index in [0.717, 1.165) is 35.4 Å². The Kier molecular flexibility index (Phi) is 6.37. The van der Waals surface area contributed by atoms with Gasteiger partial charge in [0, 0.05) is 18.3 Å². The third-order valence-corrected chi connectivity index (χ3v) is 6.85. The summed E-state index contributed by atoms with van der Waals surface area (Å²) >= 11 is 0. The number of alkyl halides is 3. The van der Waals surface area contributed by atoms with E-state index in [4.69, 9.17) is 4.74 Å². The molecule has 8 nitrogen and oxygen atoms in total. The molecule has 0 N–H and O–H groups in total. The Morgan fingerprint density at radius 2 is 1.71 bits per heavy atom. The van der Waals surface area contributed by atoms with Gasteiger partial charge in [0.15, 0.2) is 5.65 Å². The monoisotopic (exact) mass is 489 g/mol. The van der Waals surface area contributed by atoms with E-state index < -0.39 is 12.1 Å². The van der Waals surface area contributed by atoms with Crippen LogP contribution in [0.4, 0.5) is 19.1 Å². The molecule has 3 aliphatic rings. The van der Waals surface area contributed by atoms with Crippen LogP contribution in [0, 0.1) is 19.8 Å². The molecule has 0 radical (unpaired) electrons. The van der Waals surface area contributed by atoms with Crippen LogP contribution in [0.1, 0.15) is 68.1 Å². The van der Waals surface area contributed by atoms with E-state index in [1.54, 1.807) is 6.20 Å². The summed E-state index contributed by atoms with van der Waals surface area (Å²) in [6.07, 6.45) is 5.85. The molecule has 1 aliphatic heterocycles. The largest absolute Gasteiger partial charge is 0.391 e. The van der Waals surface area contributed by atoms with E-state index in [9.17, 15) is 13.2 Å². The predicted molar refractivity (Wildman–Crippen MR) is 124 cm³/mol. The molecule has 1 saturated heterocycles. The molecule has 3 fully saturated rings. The summed E-state index contributed by atoms with van der Waals surface area (Å²) in [5.41, 5.74) is 4.29. The minimum Gasteiger partial charge on any atom is -0.367 e. The maximum Gasteiger partial charge on any atom is 0.391 e. The number of ether oxygens (including phenoxy) is 1. The van der Waals surface area contributed by atoms with Crippen LogP contribution in [0.25, 0.3) is 11.2 Å². The molecule has 2 saturated carbocycles. The molecule has 11 heteroatoms. The Morgan fingerprint density at radius 3 is 2.34 bits per heavy atom. The van der Waals surface area contributed by atoms with Crippen LogP contribution in [0.2, 0.25) is 0 Å². The lowest BCUT2D eigenvalue weighted by atomic mass is 9.85. The van der Waals surface area contributed by atoms with Gasteiger partial charge in [0.25, 0.3) is 0 Å². The van der Waals surface area contributed by atoms with Crippen molar-refractivity contribution in [1.29, 1.82) is 0 Å². The van der Waals surface area contributed by atoms with E-state index in [2.05, 4.69) is 47.7 Å². The van der Waals surface area contributed by atoms with Gasteiger partial charge >= 0.3 is 6.18 Å². The zero-order chi connectivity index (χ0) is 24.7. The second-order valence-electron chi connectivity index (χ2n) is 9.77. The van der Waals surface area contributed by atoms with Crippen LogP contribution < -0.4 is 4.90 Å². The first-order valence-corrected chi connectivity index (χ1v) is 12.2. The zero-order valence-corrected chi connectivity index (χ0v) is 20.2. The number of aryl methyl sites for hydroxylation is 2. The van der Waals surface area contributed by atoms with Crippen molar-refractivity contribution in [3.8, 4) is 0 Å². The van der Waals surface area contributed by atoms with Crippen molar-refractivity contribution in [2.75, 3.05) is 18.0 Å². The molecule has 3 aromatic heterocycles. The predicted octanol–water partition coefficient (Wildman–Crippen LogP) is 4.88. The summed E-state index contributed by atoms with van der Waals surface area (Å²) in [6, 6.07) is 0.574. The quantitative estimate of drug-likeness (QED) is 0.518. The average Bonchev–Trinajstić information content (AvgIpc) is 3.48. The number of anilines is 1. The number of hydrogen-bond donors (Lipinski definition) is 0. The molecule has 35 heavy (non-hydrogen) atoms. The summed E-state index contributed by atoms with van der Waals surface area (Å²) < 4.78 is 42.7. The summed E-state index contributed by atoms with van der Waals surface area (Å²) in [6.45, 7) is 7.43. The zero-order valence-electron chi connectivity index (χ0n) is 20.2. The molecule has 2 aliphatic carbocycles. The van der Waals surface area contributed by atoms with Crippen molar-refractivity contribution in [3.63, 3.8) is 0 Å². The van der Waals surface area contributed by atoms with Gasteiger partial charge in [-0.05, 0) is 46.5 Å². The van der Waals surface area contributed by atoms with Crippen LogP contribution in [-0.2, 0) is 4.74 Å². The van der Waals surface area contributed by atoms with Crippen LogP contribution in [0.5, 0.6) is 0 Å². The molecule has 188 valence electrons. The number of fused-ring (bicyclic) bond motifs is 1. The van der Waals surface area contributed by atoms with Gasteiger partial charge in [-0.3, -0.25) is 4.68 Å². The lowest BCUT2D eigenvalue weighted by molar-refractivity contribution is -0.193. The molecule has 2 unspecified atom stereocenters. The van der Waals surface area contributed by atoms with Gasteiger partial charge in [-0.15, -0.1) is 0 Å². The maximum atomic E-state index is 11.5. The molecular weight excluding hydrogens is 459 g/mol. The van der Waals surface area contributed by atoms with Crippen molar-refractivity contribution in [1.82, 2.24) is 29.7 Å². The molecule has 2 atom stereocenters. The van der Waals surface area contributed by atoms with Gasteiger partial charge in [-0.2, -0.15) is 23.3 Å². The van der Waals surface area contributed by atoms with Crippen molar-refractivity contribution in [2.24, 2.45) is 5.92 Å². The van der Waals surface area contributed by atoms with Crippen LogP contribution in [0.3, 0.4) is 0 Å². The van der Waals surface area contributed by atoms with Gasteiger partial charge in [-0.25, -0.2) is 15.0 Å². The molecule has 0 aromatic carbocycles. The smallest absolute Gasteiger partial charge is 0.367 e. The number of morpholine rings is 1. The van der Waals surface area contributed by atoms with Crippen molar-refractivity contribution in [3.05, 3.63) is 35.5 Å². The van der Waals surface area contributed by atoms with E-state index in [1.165, 1.54) is 12.8 Å². The normalized spacial score (nSPS) is 23.1. The van der Waals surface area contributed by atoms with E-state index in [-0.39, 0.29) is 12.2 Å². The van der Waals surface area contributed by atoms with Crippen LogP contribution in [-0.4, -0.2) is 55.1 Å². The first kappa shape index (κ1) is 23.9. The van der Waals surface area contributed by atoms with Gasteiger partial charge in [-0.1, -0.05) is 6.42 Å². The Labute approximate surface area is 201 Å². The maximum absolute atomic E-state index is 11.5. The fourth-order valence-corrected chi connectivity index (χ4v) is 4.26. The highest BCUT2D eigenvalue weighted by atomic mass is 19.4. The fraction of sp³-hybridized carbons (Fsp3) is 0.625. The Bertz CT molecular complexity index is 1190. The number of nitrogens with zero attached hydrogens (tertiary/aromatic N) is 7. The third kappa shape index (κ3) is 5.39. The second-order valence-corrected chi connectivity index (χ2v) is 9.77. The Hall–Kier alpha value is -2.82. The van der Waals surface area contributed by atoms with E-state index >= 15 is 0 Å². The molecule has 0 bridgehead atoms. The summed E-state index contributed by atoms with van der Waals surface area (Å²) in [5, 5.41) is 4.50. The molecule has 6 rings (SSSR count). The molecule has 4 heterocycles. The first-order valence-electron chi connectivity index (χ1n) is 12.2. The molecule has 0 spiro atoms. The summed E-state index contributed by atoms with van der Waals surface area (Å²) in [5.74, 6) is -0.294. The van der Waals surface area contributed by atoms with Gasteiger partial charge in [0.05, 0.1) is 48.4 Å².